The number of rotatable bonds is 8. The third kappa shape index (κ3) is 5.24. The number of anilines is 2. The van der Waals surface area contributed by atoms with Crippen LogP contribution in [0.2, 0.25) is 0 Å². The Hall–Kier alpha value is -4.46. The molecule has 4 N–H and O–H groups in total. The zero-order valence-electron chi connectivity index (χ0n) is 18.0. The molecule has 0 aliphatic rings. The lowest BCUT2D eigenvalue weighted by molar-refractivity contribution is 0.0921. The van der Waals surface area contributed by atoms with Gasteiger partial charge in [-0.05, 0) is 60.7 Å². The van der Waals surface area contributed by atoms with E-state index in [9.17, 15) is 9.59 Å². The third-order valence-electron chi connectivity index (χ3n) is 4.93. The van der Waals surface area contributed by atoms with Crippen LogP contribution in [-0.4, -0.2) is 32.1 Å². The summed E-state index contributed by atoms with van der Waals surface area (Å²) in [5, 5.41) is 6.32. The number of nitrogens with one attached hydrogen (secondary N) is 2. The molecule has 0 saturated heterocycles. The van der Waals surface area contributed by atoms with Crippen molar-refractivity contribution in [3.05, 3.63) is 84.1 Å². The van der Waals surface area contributed by atoms with Crippen molar-refractivity contribution < 1.29 is 23.5 Å². The number of methoxy groups -OCH3 is 1. The van der Waals surface area contributed by atoms with E-state index in [4.69, 9.17) is 19.6 Å². The summed E-state index contributed by atoms with van der Waals surface area (Å²) in [5.41, 5.74) is 7.99. The number of ether oxygens (including phenoxy) is 2. The van der Waals surface area contributed by atoms with Gasteiger partial charge in [0.1, 0.15) is 23.7 Å². The summed E-state index contributed by atoms with van der Waals surface area (Å²) in [6, 6.07) is 20.8. The molecule has 4 rings (SSSR count). The van der Waals surface area contributed by atoms with Gasteiger partial charge in [0.15, 0.2) is 5.76 Å². The van der Waals surface area contributed by atoms with E-state index in [2.05, 4.69) is 10.6 Å². The molecule has 0 aliphatic heterocycles. The predicted octanol–water partition coefficient (Wildman–Crippen LogP) is 4.08. The van der Waals surface area contributed by atoms with Crippen LogP contribution in [0.3, 0.4) is 0 Å². The fourth-order valence-electron chi connectivity index (χ4n) is 3.19. The van der Waals surface area contributed by atoms with E-state index >= 15 is 0 Å². The third-order valence-corrected chi connectivity index (χ3v) is 4.93. The van der Waals surface area contributed by atoms with Gasteiger partial charge in [-0.25, -0.2) is 0 Å². The first-order valence-electron chi connectivity index (χ1n) is 10.3. The summed E-state index contributed by atoms with van der Waals surface area (Å²) in [6.45, 7) is 0.542. The molecule has 0 spiro atoms. The normalized spacial score (nSPS) is 10.6. The van der Waals surface area contributed by atoms with Gasteiger partial charge in [-0.2, -0.15) is 0 Å². The van der Waals surface area contributed by atoms with Gasteiger partial charge in [0, 0.05) is 10.9 Å². The Bertz CT molecular complexity index is 1280. The first-order valence-corrected chi connectivity index (χ1v) is 10.3. The number of nitrogens with two attached hydrogens (primary N) is 1. The van der Waals surface area contributed by atoms with Crippen molar-refractivity contribution in [2.75, 3.05) is 31.3 Å². The number of nitrogen functional groups attached to an aromatic ring is 1. The number of fused-ring (bicyclic) bond motifs is 1. The molecule has 0 fully saturated rings. The molecule has 0 radical (unpaired) electrons. The maximum atomic E-state index is 12.4. The van der Waals surface area contributed by atoms with Crippen molar-refractivity contribution >= 4 is 34.2 Å². The fourth-order valence-corrected chi connectivity index (χ4v) is 3.19. The van der Waals surface area contributed by atoms with Crippen LogP contribution in [-0.2, 0) is 0 Å². The van der Waals surface area contributed by atoms with Crippen molar-refractivity contribution in [3.8, 4) is 11.5 Å². The van der Waals surface area contributed by atoms with Crippen LogP contribution < -0.4 is 25.8 Å². The number of carbonyl (C=O) groups is 2. The summed E-state index contributed by atoms with van der Waals surface area (Å²) >= 11 is 0. The number of hydrogen-bond donors (Lipinski definition) is 3. The highest BCUT2D eigenvalue weighted by molar-refractivity contribution is 6.05. The number of amides is 2. The summed E-state index contributed by atoms with van der Waals surface area (Å²) in [7, 11) is 1.58. The van der Waals surface area contributed by atoms with Crippen LogP contribution >= 0.6 is 0 Å². The summed E-state index contributed by atoms with van der Waals surface area (Å²) in [6.07, 6.45) is 0. The van der Waals surface area contributed by atoms with Gasteiger partial charge < -0.3 is 30.3 Å². The van der Waals surface area contributed by atoms with E-state index in [0.29, 0.717) is 34.0 Å². The molecule has 0 atom stereocenters. The van der Waals surface area contributed by atoms with Crippen LogP contribution in [0.5, 0.6) is 11.5 Å². The maximum Gasteiger partial charge on any atom is 0.287 e. The molecular formula is C25H23N3O5. The maximum absolute atomic E-state index is 12.4. The quantitative estimate of drug-likeness (QED) is 0.278. The van der Waals surface area contributed by atoms with Gasteiger partial charge in [-0.1, -0.05) is 12.1 Å². The minimum Gasteiger partial charge on any atom is -0.497 e. The van der Waals surface area contributed by atoms with E-state index in [1.54, 1.807) is 79.9 Å². The molecule has 0 unspecified atom stereocenters. The van der Waals surface area contributed by atoms with Gasteiger partial charge in [0.05, 0.1) is 25.0 Å². The average molecular weight is 445 g/mol. The second-order valence-electron chi connectivity index (χ2n) is 7.18. The van der Waals surface area contributed by atoms with Crippen molar-refractivity contribution in [1.29, 1.82) is 0 Å². The molecule has 8 heteroatoms. The molecule has 1 aromatic heterocycles. The largest absolute Gasteiger partial charge is 0.497 e. The van der Waals surface area contributed by atoms with Crippen molar-refractivity contribution in [3.63, 3.8) is 0 Å². The van der Waals surface area contributed by atoms with E-state index in [1.807, 2.05) is 0 Å². The lowest BCUT2D eigenvalue weighted by Gasteiger charge is -2.09. The predicted molar refractivity (Wildman–Crippen MR) is 126 cm³/mol. The number of benzene rings is 3. The smallest absolute Gasteiger partial charge is 0.287 e. The molecular weight excluding hydrogens is 422 g/mol. The number of para-hydroxylation sites is 2. The van der Waals surface area contributed by atoms with E-state index < -0.39 is 0 Å². The Morgan fingerprint density at radius 1 is 0.939 bits per heavy atom. The standard InChI is InChI=1S/C25H23N3O5/c1-31-19-10-11-22-17(14-19)15-23(33-22)25(30)27-12-13-32-18-8-6-16(7-9-18)24(29)28-21-5-3-2-4-20(21)26/h2-11,14-15H,12-13,26H2,1H3,(H,27,30)(H,28,29). The highest BCUT2D eigenvalue weighted by atomic mass is 16.5. The summed E-state index contributed by atoms with van der Waals surface area (Å²) in [4.78, 5) is 24.7. The monoisotopic (exact) mass is 445 g/mol. The fraction of sp³-hybridized carbons (Fsp3) is 0.120. The Labute approximate surface area is 190 Å². The molecule has 2 amide bonds. The Morgan fingerprint density at radius 3 is 2.45 bits per heavy atom. The number of furan rings is 1. The van der Waals surface area contributed by atoms with Crippen molar-refractivity contribution in [1.82, 2.24) is 5.32 Å². The van der Waals surface area contributed by atoms with Crippen LogP contribution in [0.25, 0.3) is 11.0 Å². The lowest BCUT2D eigenvalue weighted by Crippen LogP contribution is -2.27. The molecule has 4 aromatic rings. The van der Waals surface area contributed by atoms with Crippen molar-refractivity contribution in [2.24, 2.45) is 0 Å². The van der Waals surface area contributed by atoms with Gasteiger partial charge in [-0.15, -0.1) is 0 Å². The first kappa shape index (κ1) is 21.8. The summed E-state index contributed by atoms with van der Waals surface area (Å²) < 4.78 is 16.4. The van der Waals surface area contributed by atoms with Crippen molar-refractivity contribution in [2.45, 2.75) is 0 Å². The second kappa shape index (κ2) is 9.78. The Morgan fingerprint density at radius 2 is 1.70 bits per heavy atom. The minimum absolute atomic E-state index is 0.215. The Kier molecular flexibility index (Phi) is 6.45. The molecule has 3 aromatic carbocycles. The Balaban J connectivity index is 1.25. The molecule has 168 valence electrons. The number of carbonyl (C=O) groups excluding carboxylic acids is 2. The van der Waals surface area contributed by atoms with Gasteiger partial charge in [0.2, 0.25) is 0 Å². The average Bonchev–Trinajstić information content (AvgIpc) is 3.27. The highest BCUT2D eigenvalue weighted by Gasteiger charge is 2.13. The van der Waals surface area contributed by atoms with Gasteiger partial charge in [0.25, 0.3) is 11.8 Å². The number of hydrogen-bond acceptors (Lipinski definition) is 6. The molecule has 8 nitrogen and oxygen atoms in total. The highest BCUT2D eigenvalue weighted by Crippen LogP contribution is 2.24. The van der Waals surface area contributed by atoms with Crippen LogP contribution in [0.1, 0.15) is 20.9 Å². The van der Waals surface area contributed by atoms with Crippen LogP contribution in [0.4, 0.5) is 11.4 Å². The zero-order chi connectivity index (χ0) is 23.2. The van der Waals surface area contributed by atoms with Gasteiger partial charge >= 0.3 is 0 Å². The van der Waals surface area contributed by atoms with Crippen LogP contribution in [0, 0.1) is 0 Å². The SMILES string of the molecule is COc1ccc2oc(C(=O)NCCOc3ccc(C(=O)Nc4ccccc4N)cc3)cc2c1. The summed E-state index contributed by atoms with van der Waals surface area (Å²) in [5.74, 6) is 0.885. The molecule has 1 heterocycles. The lowest BCUT2D eigenvalue weighted by atomic mass is 10.2. The first-order chi connectivity index (χ1) is 16.0. The molecule has 33 heavy (non-hydrogen) atoms. The van der Waals surface area contributed by atoms with E-state index in [0.717, 1.165) is 5.39 Å². The minimum atomic E-state index is -0.332. The van der Waals surface area contributed by atoms with E-state index in [1.165, 1.54) is 0 Å². The van der Waals surface area contributed by atoms with Gasteiger partial charge in [-0.3, -0.25) is 9.59 Å². The molecule has 0 bridgehead atoms. The van der Waals surface area contributed by atoms with Crippen LogP contribution in [0.15, 0.2) is 77.2 Å². The van der Waals surface area contributed by atoms with E-state index in [-0.39, 0.29) is 30.7 Å². The topological polar surface area (TPSA) is 116 Å². The zero-order valence-corrected chi connectivity index (χ0v) is 18.0. The molecule has 0 saturated carbocycles. The second-order valence-corrected chi connectivity index (χ2v) is 7.18. The molecule has 0 aliphatic carbocycles.